The van der Waals surface area contributed by atoms with E-state index in [0.29, 0.717) is 0 Å². The largest absolute Gasteiger partial charge is 0.486 e. The number of nitrogens with zero attached hydrogens (tertiary/aromatic N) is 1. The summed E-state index contributed by atoms with van der Waals surface area (Å²) >= 11 is 0. The van der Waals surface area contributed by atoms with Crippen molar-refractivity contribution in [1.82, 2.24) is 5.32 Å². The molecule has 0 aliphatic carbocycles. The van der Waals surface area contributed by atoms with Gasteiger partial charge >= 0.3 is 5.97 Å². The highest BCUT2D eigenvalue weighted by Crippen LogP contribution is 2.36. The summed E-state index contributed by atoms with van der Waals surface area (Å²) in [5.41, 5.74) is -3.03. The molecule has 10 heteroatoms. The molecule has 1 amide bonds. The molecule has 0 aromatic heterocycles. The summed E-state index contributed by atoms with van der Waals surface area (Å²) in [6, 6.07) is 2.22. The lowest BCUT2D eigenvalue weighted by Crippen LogP contribution is -2.46. The van der Waals surface area contributed by atoms with E-state index in [1.165, 1.54) is 0 Å². The van der Waals surface area contributed by atoms with Crippen LogP contribution in [0.2, 0.25) is 0 Å². The molecule has 0 saturated carbocycles. The highest BCUT2D eigenvalue weighted by atomic mass is 16.6. The van der Waals surface area contributed by atoms with Gasteiger partial charge in [-0.25, -0.2) is 4.79 Å². The lowest BCUT2D eigenvalue weighted by molar-refractivity contribution is -0.385. The van der Waals surface area contributed by atoms with Crippen molar-refractivity contribution in [2.24, 2.45) is 0 Å². The summed E-state index contributed by atoms with van der Waals surface area (Å²) in [7, 11) is 0. The van der Waals surface area contributed by atoms with Crippen LogP contribution < -0.4 is 14.8 Å². The van der Waals surface area contributed by atoms with Crippen molar-refractivity contribution in [2.75, 3.05) is 19.8 Å². The fraction of sp³-hybridized carbons (Fsp3) is 0.385. The predicted octanol–water partition coefficient (Wildman–Crippen LogP) is -0.0686. The van der Waals surface area contributed by atoms with Gasteiger partial charge in [0.1, 0.15) is 18.8 Å². The van der Waals surface area contributed by atoms with E-state index in [1.807, 2.05) is 0 Å². The van der Waals surface area contributed by atoms with Crippen LogP contribution in [0.1, 0.15) is 17.3 Å². The van der Waals surface area contributed by atoms with E-state index in [-0.39, 0.29) is 30.3 Å². The average molecular weight is 326 g/mol. The second-order valence-electron chi connectivity index (χ2n) is 5.03. The van der Waals surface area contributed by atoms with Crippen LogP contribution in [0.15, 0.2) is 12.1 Å². The van der Waals surface area contributed by atoms with Crippen molar-refractivity contribution in [2.45, 2.75) is 12.5 Å². The first kappa shape index (κ1) is 16.5. The number of benzene rings is 1. The van der Waals surface area contributed by atoms with Gasteiger partial charge in [0.05, 0.1) is 17.5 Å². The third-order valence-corrected chi connectivity index (χ3v) is 3.16. The van der Waals surface area contributed by atoms with Crippen molar-refractivity contribution < 1.29 is 34.2 Å². The zero-order valence-corrected chi connectivity index (χ0v) is 12.1. The molecule has 1 aliphatic rings. The molecule has 10 nitrogen and oxygen atoms in total. The number of amides is 1. The van der Waals surface area contributed by atoms with Gasteiger partial charge in [0.2, 0.25) is 0 Å². The Labute approximate surface area is 129 Å². The minimum Gasteiger partial charge on any atom is -0.486 e. The second-order valence-corrected chi connectivity index (χ2v) is 5.03. The molecule has 1 aromatic rings. The van der Waals surface area contributed by atoms with Crippen LogP contribution in [-0.2, 0) is 4.79 Å². The molecule has 0 radical (unpaired) electrons. The van der Waals surface area contributed by atoms with Crippen LogP contribution in [0, 0.1) is 10.1 Å². The van der Waals surface area contributed by atoms with Gasteiger partial charge in [-0.3, -0.25) is 14.9 Å². The van der Waals surface area contributed by atoms with Gasteiger partial charge in [-0.15, -0.1) is 0 Å². The molecule has 1 aliphatic heterocycles. The Morgan fingerprint density at radius 3 is 2.43 bits per heavy atom. The standard InChI is InChI=1S/C13H14N2O8/c1-13(19,12(17)18)6-14-11(16)7-4-9-10(23-3-2-22-9)5-8(7)15(20)21/h4-5,19H,2-3,6H2,1H3,(H,14,16)(H,17,18). The number of ether oxygens (including phenoxy) is 2. The van der Waals surface area contributed by atoms with Crippen molar-refractivity contribution in [3.63, 3.8) is 0 Å². The summed E-state index contributed by atoms with van der Waals surface area (Å²) in [6.45, 7) is 0.845. The maximum absolute atomic E-state index is 12.1. The minimum atomic E-state index is -2.20. The molecule has 3 N–H and O–H groups in total. The van der Waals surface area contributed by atoms with Gasteiger partial charge in [0, 0.05) is 6.07 Å². The maximum Gasteiger partial charge on any atom is 0.337 e. The Bertz CT molecular complexity index is 670. The van der Waals surface area contributed by atoms with Gasteiger partial charge in [0.25, 0.3) is 11.6 Å². The van der Waals surface area contributed by atoms with Crippen LogP contribution in [0.5, 0.6) is 11.5 Å². The van der Waals surface area contributed by atoms with Crippen molar-refractivity contribution in [3.05, 3.63) is 27.8 Å². The molecular weight excluding hydrogens is 312 g/mol. The number of aliphatic hydroxyl groups is 1. The Hall–Kier alpha value is -2.88. The van der Waals surface area contributed by atoms with Crippen LogP contribution >= 0.6 is 0 Å². The zero-order chi connectivity index (χ0) is 17.2. The molecule has 0 saturated heterocycles. The van der Waals surface area contributed by atoms with Crippen LogP contribution in [0.3, 0.4) is 0 Å². The Kier molecular flexibility index (Phi) is 4.36. The van der Waals surface area contributed by atoms with E-state index in [9.17, 15) is 24.8 Å². The smallest absolute Gasteiger partial charge is 0.337 e. The summed E-state index contributed by atoms with van der Waals surface area (Å²) in [5.74, 6) is -2.11. The molecule has 23 heavy (non-hydrogen) atoms. The zero-order valence-electron chi connectivity index (χ0n) is 12.1. The topological polar surface area (TPSA) is 148 Å². The van der Waals surface area contributed by atoms with E-state index in [2.05, 4.69) is 5.32 Å². The molecule has 0 fully saturated rings. The van der Waals surface area contributed by atoms with E-state index in [1.54, 1.807) is 0 Å². The SMILES string of the molecule is CC(O)(CNC(=O)c1cc2c(cc1[N+](=O)[O-])OCCO2)C(=O)O. The molecule has 1 atom stereocenters. The third kappa shape index (κ3) is 3.48. The Balaban J connectivity index is 2.28. The summed E-state index contributed by atoms with van der Waals surface area (Å²) in [4.78, 5) is 33.2. The first-order chi connectivity index (χ1) is 10.7. The van der Waals surface area contributed by atoms with E-state index in [0.717, 1.165) is 19.1 Å². The Morgan fingerprint density at radius 2 is 1.91 bits per heavy atom. The first-order valence-corrected chi connectivity index (χ1v) is 6.54. The quantitative estimate of drug-likeness (QED) is 0.503. The highest BCUT2D eigenvalue weighted by molar-refractivity contribution is 5.99. The fourth-order valence-corrected chi connectivity index (χ4v) is 1.83. The molecule has 1 unspecified atom stereocenters. The number of carboxylic acid groups (broad SMARTS) is 1. The van der Waals surface area contributed by atoms with Gasteiger partial charge in [-0.1, -0.05) is 0 Å². The number of nitro benzene ring substituents is 1. The maximum atomic E-state index is 12.1. The Morgan fingerprint density at radius 1 is 1.35 bits per heavy atom. The number of fused-ring (bicyclic) bond motifs is 1. The highest BCUT2D eigenvalue weighted by Gasteiger charge is 2.32. The van der Waals surface area contributed by atoms with E-state index >= 15 is 0 Å². The number of nitrogens with one attached hydrogen (secondary N) is 1. The fourth-order valence-electron chi connectivity index (χ4n) is 1.83. The van der Waals surface area contributed by atoms with Gasteiger partial charge < -0.3 is 25.0 Å². The van der Waals surface area contributed by atoms with Crippen LogP contribution in [0.4, 0.5) is 5.69 Å². The lowest BCUT2D eigenvalue weighted by atomic mass is 10.1. The molecule has 0 spiro atoms. The van der Waals surface area contributed by atoms with Gasteiger partial charge in [-0.2, -0.15) is 0 Å². The second kappa shape index (κ2) is 6.08. The normalized spacial score (nSPS) is 15.4. The number of carbonyl (C=O) groups is 2. The summed E-state index contributed by atoms with van der Waals surface area (Å²) in [5, 5.41) is 31.6. The minimum absolute atomic E-state index is 0.150. The third-order valence-electron chi connectivity index (χ3n) is 3.16. The number of nitro groups is 1. The van der Waals surface area contributed by atoms with Crippen molar-refractivity contribution in [1.29, 1.82) is 0 Å². The van der Waals surface area contributed by atoms with Crippen molar-refractivity contribution in [3.8, 4) is 11.5 Å². The molecule has 124 valence electrons. The lowest BCUT2D eigenvalue weighted by Gasteiger charge is -2.20. The van der Waals surface area contributed by atoms with Gasteiger partial charge in [-0.05, 0) is 6.92 Å². The number of aliphatic carboxylic acids is 1. The number of carboxylic acids is 1. The molecule has 1 heterocycles. The molecule has 0 bridgehead atoms. The van der Waals surface area contributed by atoms with Crippen molar-refractivity contribution >= 4 is 17.6 Å². The first-order valence-electron chi connectivity index (χ1n) is 6.54. The monoisotopic (exact) mass is 326 g/mol. The van der Waals surface area contributed by atoms with Crippen LogP contribution in [-0.4, -0.2) is 52.4 Å². The number of rotatable bonds is 5. The number of carbonyl (C=O) groups excluding carboxylic acids is 1. The predicted molar refractivity (Wildman–Crippen MR) is 74.7 cm³/mol. The van der Waals surface area contributed by atoms with E-state index in [4.69, 9.17) is 14.6 Å². The molecule has 1 aromatic carbocycles. The number of hydrogen-bond acceptors (Lipinski definition) is 7. The average Bonchev–Trinajstić information content (AvgIpc) is 2.51. The summed E-state index contributed by atoms with van der Waals surface area (Å²) in [6.07, 6.45) is 0. The number of hydrogen-bond donors (Lipinski definition) is 3. The molecule has 2 rings (SSSR count). The van der Waals surface area contributed by atoms with Crippen LogP contribution in [0.25, 0.3) is 0 Å². The van der Waals surface area contributed by atoms with Gasteiger partial charge in [0.15, 0.2) is 17.1 Å². The summed E-state index contributed by atoms with van der Waals surface area (Å²) < 4.78 is 10.5. The molecular formula is C13H14N2O8. The van der Waals surface area contributed by atoms with E-state index < -0.39 is 34.6 Å².